The molecule has 4 rings (SSSR count). The molecular weight excluding hydrogens is 436 g/mol. The first-order valence-electron chi connectivity index (χ1n) is 11.1. The number of carboxylic acids is 1. The molecule has 0 aliphatic heterocycles. The van der Waals surface area contributed by atoms with Crippen molar-refractivity contribution in [1.82, 2.24) is 15.1 Å². The van der Waals surface area contributed by atoms with Crippen molar-refractivity contribution in [2.75, 3.05) is 11.9 Å². The van der Waals surface area contributed by atoms with E-state index in [0.29, 0.717) is 12.8 Å². The lowest BCUT2D eigenvalue weighted by Gasteiger charge is -2.19. The molecule has 0 bridgehead atoms. The average Bonchev–Trinajstić information content (AvgIpc) is 3.35. The van der Waals surface area contributed by atoms with Gasteiger partial charge in [0.25, 0.3) is 0 Å². The Labute approximate surface area is 196 Å². The van der Waals surface area contributed by atoms with Crippen LogP contribution < -0.4 is 10.6 Å². The number of carboxylic acid groups (broad SMARTS) is 1. The number of rotatable bonds is 8. The number of hydrogen-bond donors (Lipinski definition) is 3. The molecule has 0 radical (unpaired) electrons. The summed E-state index contributed by atoms with van der Waals surface area (Å²) in [4.78, 5) is 36.8. The van der Waals surface area contributed by atoms with Gasteiger partial charge in [-0.25, -0.2) is 9.59 Å². The van der Waals surface area contributed by atoms with Crippen molar-refractivity contribution >= 4 is 23.8 Å². The first-order valence-corrected chi connectivity index (χ1v) is 11.1. The van der Waals surface area contributed by atoms with Gasteiger partial charge in [-0.1, -0.05) is 61.9 Å². The van der Waals surface area contributed by atoms with Crippen LogP contribution in [0.2, 0.25) is 0 Å². The van der Waals surface area contributed by atoms with Crippen LogP contribution in [0.1, 0.15) is 47.2 Å². The Bertz CT molecular complexity index is 1190. The number of carbonyl (C=O) groups is 3. The SMILES string of the molecule is CCC[C@H](NC(=O)OCC1c2ccccc2-c2ccccc21)C(=O)Nc1nn(C)cc1C(=O)O. The van der Waals surface area contributed by atoms with E-state index in [1.54, 1.807) is 7.05 Å². The Morgan fingerprint density at radius 1 is 1.09 bits per heavy atom. The lowest BCUT2D eigenvalue weighted by molar-refractivity contribution is -0.118. The molecular formula is C25H26N4O5. The summed E-state index contributed by atoms with van der Waals surface area (Å²) < 4.78 is 6.84. The van der Waals surface area contributed by atoms with Gasteiger partial charge in [-0.3, -0.25) is 9.48 Å². The summed E-state index contributed by atoms with van der Waals surface area (Å²) >= 11 is 0. The van der Waals surface area contributed by atoms with Crippen molar-refractivity contribution in [3.63, 3.8) is 0 Å². The minimum absolute atomic E-state index is 0.0737. The highest BCUT2D eigenvalue weighted by molar-refractivity contribution is 6.01. The topological polar surface area (TPSA) is 123 Å². The van der Waals surface area contributed by atoms with E-state index in [4.69, 9.17) is 4.74 Å². The number of carbonyl (C=O) groups excluding carboxylic acids is 2. The fraction of sp³-hybridized carbons (Fsp3) is 0.280. The lowest BCUT2D eigenvalue weighted by atomic mass is 9.98. The molecule has 9 heteroatoms. The summed E-state index contributed by atoms with van der Waals surface area (Å²) in [5.41, 5.74) is 4.30. The predicted octanol–water partition coefficient (Wildman–Crippen LogP) is 3.76. The van der Waals surface area contributed by atoms with Gasteiger partial charge in [0.1, 0.15) is 18.2 Å². The molecule has 9 nitrogen and oxygen atoms in total. The summed E-state index contributed by atoms with van der Waals surface area (Å²) in [7, 11) is 1.56. The summed E-state index contributed by atoms with van der Waals surface area (Å²) in [6.45, 7) is 2.01. The molecule has 2 amide bonds. The molecule has 176 valence electrons. The van der Waals surface area contributed by atoms with E-state index in [0.717, 1.165) is 22.3 Å². The number of ether oxygens (including phenoxy) is 1. The smallest absolute Gasteiger partial charge is 0.407 e. The number of hydrogen-bond acceptors (Lipinski definition) is 5. The van der Waals surface area contributed by atoms with Gasteiger partial charge in [0.05, 0.1) is 0 Å². The molecule has 34 heavy (non-hydrogen) atoms. The van der Waals surface area contributed by atoms with E-state index >= 15 is 0 Å². The van der Waals surface area contributed by atoms with Gasteiger partial charge in [0.15, 0.2) is 5.82 Å². The number of nitrogens with one attached hydrogen (secondary N) is 2. The van der Waals surface area contributed by atoms with E-state index in [9.17, 15) is 19.5 Å². The predicted molar refractivity (Wildman–Crippen MR) is 126 cm³/mol. The molecule has 1 aliphatic carbocycles. The fourth-order valence-electron chi connectivity index (χ4n) is 4.28. The van der Waals surface area contributed by atoms with Gasteiger partial charge in [-0.15, -0.1) is 0 Å². The molecule has 0 spiro atoms. The first-order chi connectivity index (χ1) is 16.4. The van der Waals surface area contributed by atoms with Crippen LogP contribution in [-0.4, -0.2) is 45.5 Å². The fourth-order valence-corrected chi connectivity index (χ4v) is 4.28. The second kappa shape index (κ2) is 9.78. The lowest BCUT2D eigenvalue weighted by Crippen LogP contribution is -2.44. The number of aryl methyl sites for hydroxylation is 1. The summed E-state index contributed by atoms with van der Waals surface area (Å²) in [5, 5.41) is 18.4. The Balaban J connectivity index is 1.42. The number of amides is 2. The van der Waals surface area contributed by atoms with Gasteiger partial charge in [-0.2, -0.15) is 5.10 Å². The molecule has 1 heterocycles. The second-order valence-corrected chi connectivity index (χ2v) is 8.17. The second-order valence-electron chi connectivity index (χ2n) is 8.17. The van der Waals surface area contributed by atoms with Crippen LogP contribution in [0.15, 0.2) is 54.7 Å². The Hall–Kier alpha value is -4.14. The third-order valence-corrected chi connectivity index (χ3v) is 5.83. The van der Waals surface area contributed by atoms with E-state index in [1.165, 1.54) is 10.9 Å². The zero-order valence-corrected chi connectivity index (χ0v) is 18.9. The van der Waals surface area contributed by atoms with E-state index < -0.39 is 24.0 Å². The summed E-state index contributed by atoms with van der Waals surface area (Å²) in [5.74, 6) is -1.94. The monoisotopic (exact) mass is 462 g/mol. The molecule has 0 saturated carbocycles. The molecule has 0 saturated heterocycles. The maximum Gasteiger partial charge on any atom is 0.407 e. The minimum Gasteiger partial charge on any atom is -0.477 e. The Kier molecular flexibility index (Phi) is 6.62. The van der Waals surface area contributed by atoms with Crippen LogP contribution in [0.3, 0.4) is 0 Å². The zero-order valence-electron chi connectivity index (χ0n) is 18.9. The van der Waals surface area contributed by atoms with Crippen molar-refractivity contribution in [3.05, 3.63) is 71.4 Å². The zero-order chi connectivity index (χ0) is 24.2. The van der Waals surface area contributed by atoms with Gasteiger partial charge >= 0.3 is 12.1 Å². The van der Waals surface area contributed by atoms with Crippen molar-refractivity contribution in [2.45, 2.75) is 31.7 Å². The van der Waals surface area contributed by atoms with Crippen LogP contribution >= 0.6 is 0 Å². The summed E-state index contributed by atoms with van der Waals surface area (Å²) in [6.07, 6.45) is 1.56. The number of anilines is 1. The number of alkyl carbamates (subject to hydrolysis) is 1. The highest BCUT2D eigenvalue weighted by atomic mass is 16.5. The van der Waals surface area contributed by atoms with Gasteiger partial charge < -0.3 is 20.5 Å². The largest absolute Gasteiger partial charge is 0.477 e. The minimum atomic E-state index is -1.21. The number of aromatic nitrogens is 2. The number of fused-ring (bicyclic) bond motifs is 3. The van der Waals surface area contributed by atoms with Crippen LogP contribution in [0.25, 0.3) is 11.1 Å². The van der Waals surface area contributed by atoms with Gasteiger partial charge in [0.2, 0.25) is 5.91 Å². The van der Waals surface area contributed by atoms with Crippen LogP contribution in [-0.2, 0) is 16.6 Å². The van der Waals surface area contributed by atoms with Crippen molar-refractivity contribution in [2.24, 2.45) is 7.05 Å². The molecule has 1 atom stereocenters. The molecule has 1 aliphatic rings. The van der Waals surface area contributed by atoms with Gasteiger partial charge in [0, 0.05) is 19.2 Å². The Morgan fingerprint density at radius 3 is 2.29 bits per heavy atom. The number of benzene rings is 2. The Morgan fingerprint density at radius 2 is 1.71 bits per heavy atom. The summed E-state index contributed by atoms with van der Waals surface area (Å²) in [6, 6.07) is 15.2. The van der Waals surface area contributed by atoms with E-state index in [1.807, 2.05) is 43.3 Å². The van der Waals surface area contributed by atoms with Crippen molar-refractivity contribution in [3.8, 4) is 11.1 Å². The maximum atomic E-state index is 12.8. The third kappa shape index (κ3) is 4.63. The van der Waals surface area contributed by atoms with Crippen LogP contribution in [0.5, 0.6) is 0 Å². The van der Waals surface area contributed by atoms with Gasteiger partial charge in [-0.05, 0) is 28.7 Å². The van der Waals surface area contributed by atoms with Crippen LogP contribution in [0.4, 0.5) is 10.6 Å². The molecule has 1 aromatic heterocycles. The average molecular weight is 463 g/mol. The highest BCUT2D eigenvalue weighted by Gasteiger charge is 2.30. The molecule has 3 N–H and O–H groups in total. The first kappa shape index (κ1) is 23.0. The maximum absolute atomic E-state index is 12.8. The van der Waals surface area contributed by atoms with E-state index in [2.05, 4.69) is 27.9 Å². The highest BCUT2D eigenvalue weighted by Crippen LogP contribution is 2.44. The molecule has 0 unspecified atom stereocenters. The van der Waals surface area contributed by atoms with E-state index in [-0.39, 0.29) is 23.9 Å². The normalized spacial score (nSPS) is 13.0. The standard InChI is InChI=1S/C25H26N4O5/c1-3-8-21(23(30)27-22-19(24(31)32)13-29(2)28-22)26-25(33)34-14-20-17-11-6-4-9-15(17)16-10-5-7-12-18(16)20/h4-7,9-13,20-21H,3,8,14H2,1-2H3,(H,26,33)(H,31,32)(H,27,28,30)/t21-/m0/s1. The number of aromatic carboxylic acids is 1. The molecule has 0 fully saturated rings. The molecule has 3 aromatic rings. The van der Waals surface area contributed by atoms with Crippen molar-refractivity contribution < 1.29 is 24.2 Å². The molecule has 2 aromatic carbocycles. The number of nitrogens with zero attached hydrogens (tertiary/aromatic N) is 2. The third-order valence-electron chi connectivity index (χ3n) is 5.83. The quantitative estimate of drug-likeness (QED) is 0.468. The van der Waals surface area contributed by atoms with Crippen molar-refractivity contribution in [1.29, 1.82) is 0 Å². The van der Waals surface area contributed by atoms with Crippen LogP contribution in [0, 0.1) is 0 Å².